The summed E-state index contributed by atoms with van der Waals surface area (Å²) in [5.41, 5.74) is 0. The first-order valence-corrected chi connectivity index (χ1v) is 15.2. The molecule has 0 heterocycles. The molecule has 26 heavy (non-hydrogen) atoms. The van der Waals surface area contributed by atoms with Crippen LogP contribution in [0.5, 0.6) is 0 Å². The molecular weight excluding hydrogens is 1580 g/mol. The molecule has 0 aliphatic rings. The Morgan fingerprint density at radius 1 is 0.192 bits per heavy atom. The molecule has 0 rings (SSSR count). The van der Waals surface area contributed by atoms with Gasteiger partial charge in [0.2, 0.25) is 0 Å². The summed E-state index contributed by atoms with van der Waals surface area (Å²) < 4.78 is 0. The van der Waals surface area contributed by atoms with Crippen molar-refractivity contribution >= 4 is 255 Å². The average molecular weight is 1640 g/mol. The SMILES string of the molecule is C.C.C.C.C.C.C.C.C.CI.CI.CI.CI.CI.CI.I.I.I.I.I. The minimum atomic E-state index is 0. The van der Waals surface area contributed by atoms with Gasteiger partial charge in [0, 0.05) is 0 Å². The van der Waals surface area contributed by atoms with Crippen LogP contribution in [0.15, 0.2) is 0 Å². The van der Waals surface area contributed by atoms with Crippen molar-refractivity contribution < 1.29 is 0 Å². The van der Waals surface area contributed by atoms with Gasteiger partial charge in [-0.3, -0.25) is 0 Å². The molecule has 0 aliphatic heterocycles. The van der Waals surface area contributed by atoms with E-state index in [-0.39, 0.29) is 187 Å². The standard InChI is InChI=1S/6CH3I.9CH4.5HI/c6*1-2;;;;;;;;;;;;;;/h6*1H3;9*1H4;5*1H. The Morgan fingerprint density at radius 3 is 0.192 bits per heavy atom. The van der Waals surface area contributed by atoms with Gasteiger partial charge in [-0.1, -0.05) is 202 Å². The van der Waals surface area contributed by atoms with E-state index in [4.69, 9.17) is 0 Å². The molecule has 0 radical (unpaired) electrons. The van der Waals surface area contributed by atoms with Crippen LogP contribution in [0.3, 0.4) is 0 Å². The molecule has 0 fully saturated rings. The van der Waals surface area contributed by atoms with Crippen molar-refractivity contribution in [2.75, 3.05) is 29.6 Å². The lowest BCUT2D eigenvalue weighted by Crippen LogP contribution is -0.798. The predicted octanol–water partition coefficient (Wildman–Crippen LogP) is 15.1. The lowest BCUT2D eigenvalue weighted by Gasteiger charge is -1.05. The minimum Gasteiger partial charge on any atom is -0.107 e. The molecule has 0 N–H and O–H groups in total. The second-order valence-electron chi connectivity index (χ2n) is 0. The van der Waals surface area contributed by atoms with Crippen molar-refractivity contribution in [2.45, 2.75) is 66.8 Å². The third-order valence-electron chi connectivity index (χ3n) is 0. The van der Waals surface area contributed by atoms with Crippen molar-refractivity contribution in [2.24, 2.45) is 0 Å². The first-order chi connectivity index (χ1) is 6.00. The van der Waals surface area contributed by atoms with E-state index in [9.17, 15) is 0 Å². The largest absolute Gasteiger partial charge is 0.107 e. The Morgan fingerprint density at radius 2 is 0.192 bits per heavy atom. The summed E-state index contributed by atoms with van der Waals surface area (Å²) in [6.07, 6.45) is 0. The van der Waals surface area contributed by atoms with Crippen molar-refractivity contribution in [3.8, 4) is 0 Å². The molecule has 0 aromatic heterocycles. The second kappa shape index (κ2) is 526. The highest BCUT2D eigenvalue weighted by Gasteiger charge is 0.960. The van der Waals surface area contributed by atoms with Gasteiger partial charge in [0.25, 0.3) is 0 Å². The summed E-state index contributed by atoms with van der Waals surface area (Å²) in [6.45, 7) is 0. The van der Waals surface area contributed by atoms with Gasteiger partial charge in [-0.15, -0.1) is 120 Å². The zero-order valence-electron chi connectivity index (χ0n) is 10.3. The molecule has 0 bridgehead atoms. The van der Waals surface area contributed by atoms with Gasteiger partial charge in [-0.25, -0.2) is 0 Å². The van der Waals surface area contributed by atoms with Crippen molar-refractivity contribution in [1.82, 2.24) is 0 Å². The van der Waals surface area contributed by atoms with E-state index < -0.39 is 0 Å². The predicted molar refractivity (Wildman–Crippen MR) is 257 cm³/mol. The number of hydrogen-bond acceptors (Lipinski definition) is 0. The maximum absolute atomic E-state index is 2.15. The number of alkyl halides is 6. The van der Waals surface area contributed by atoms with Crippen LogP contribution in [0.2, 0.25) is 0 Å². The highest BCUT2D eigenvalue weighted by molar-refractivity contribution is 14.1. The van der Waals surface area contributed by atoms with Crippen LogP contribution in [-0.4, -0.2) is 29.6 Å². The molecule has 0 saturated heterocycles. The molecule has 0 amide bonds. The lowest BCUT2D eigenvalue weighted by atomic mass is 12.0. The monoisotopic (exact) mass is 1640 g/mol. The maximum Gasteiger partial charge on any atom is -0.0121 e. The minimum absolute atomic E-state index is 0. The molecule has 0 spiro atoms. The van der Waals surface area contributed by atoms with Gasteiger partial charge < -0.3 is 0 Å². The van der Waals surface area contributed by atoms with E-state index in [0.29, 0.717) is 0 Å². The molecule has 196 valence electrons. The van der Waals surface area contributed by atoms with Crippen LogP contribution < -0.4 is 0 Å². The molecule has 0 unspecified atom stereocenters. The fraction of sp³-hybridized carbons (Fsp3) is 1.00. The van der Waals surface area contributed by atoms with Crippen LogP contribution in [0.25, 0.3) is 0 Å². The zero-order chi connectivity index (χ0) is 12.0. The number of hydrogen-bond donors (Lipinski definition) is 0. The summed E-state index contributed by atoms with van der Waals surface area (Å²) in [6, 6.07) is 0. The van der Waals surface area contributed by atoms with E-state index in [0.717, 1.165) is 0 Å². The van der Waals surface area contributed by atoms with Gasteiger partial charge >= 0.3 is 0 Å². The molecule has 0 aromatic rings. The van der Waals surface area contributed by atoms with Gasteiger partial charge in [0.1, 0.15) is 0 Å². The van der Waals surface area contributed by atoms with Gasteiger partial charge in [0.05, 0.1) is 0 Å². The van der Waals surface area contributed by atoms with Crippen molar-refractivity contribution in [3.05, 3.63) is 0 Å². The smallest absolute Gasteiger partial charge is 0.0121 e. The van der Waals surface area contributed by atoms with Gasteiger partial charge in [-0.05, 0) is 29.6 Å². The van der Waals surface area contributed by atoms with Crippen LogP contribution >= 0.6 is 255 Å². The van der Waals surface area contributed by atoms with Crippen molar-refractivity contribution in [3.63, 3.8) is 0 Å². The summed E-state index contributed by atoms with van der Waals surface area (Å²) in [5.74, 6) is 0. The highest BCUT2D eigenvalue weighted by atomic mass is 127. The summed E-state index contributed by atoms with van der Waals surface area (Å²) in [7, 11) is 0. The summed E-state index contributed by atoms with van der Waals surface area (Å²) >= 11 is 12.9. The number of rotatable bonds is 0. The molecule has 11 heteroatoms. The third-order valence-corrected chi connectivity index (χ3v) is 0. The van der Waals surface area contributed by atoms with E-state index in [2.05, 4.69) is 136 Å². The van der Waals surface area contributed by atoms with Crippen molar-refractivity contribution in [1.29, 1.82) is 0 Å². The first-order valence-electron chi connectivity index (χ1n) is 2.27. The third kappa shape index (κ3) is 478. The Hall–Kier alpha value is 8.03. The molecule has 0 aromatic carbocycles. The Bertz CT molecular complexity index is 25.6. The van der Waals surface area contributed by atoms with Gasteiger partial charge in [-0.2, -0.15) is 0 Å². The average Bonchev–Trinajstić information content (AvgIpc) is 2.33. The lowest BCUT2D eigenvalue weighted by molar-refractivity contribution is 2.50. The quantitative estimate of drug-likeness (QED) is 0.168. The molecule has 0 nitrogen and oxygen atoms in total. The highest BCUT2D eigenvalue weighted by Crippen LogP contribution is 1.49. The number of halogens is 11. The maximum atomic E-state index is 2.15. The normalized spacial score (nSPS) is 1.38. The fourth-order valence-corrected chi connectivity index (χ4v) is 0. The van der Waals surface area contributed by atoms with Crippen LogP contribution in [-0.2, 0) is 0 Å². The Kier molecular flexibility index (Phi) is 3810. The van der Waals surface area contributed by atoms with E-state index in [1.165, 1.54) is 0 Å². The van der Waals surface area contributed by atoms with Crippen LogP contribution in [0.4, 0.5) is 0 Å². The zero-order valence-corrected chi connectivity index (χ0v) is 34.9. The van der Waals surface area contributed by atoms with Crippen LogP contribution in [0, 0.1) is 0 Å². The van der Waals surface area contributed by atoms with E-state index in [1.54, 1.807) is 0 Å². The molecule has 0 aliphatic carbocycles. The van der Waals surface area contributed by atoms with E-state index in [1.807, 2.05) is 29.6 Å². The first kappa shape index (κ1) is 189. The molecule has 0 saturated carbocycles. The summed E-state index contributed by atoms with van der Waals surface area (Å²) in [5, 5.41) is 0. The second-order valence-corrected chi connectivity index (χ2v) is 0. The Balaban J connectivity index is -0.000000000833. The summed E-state index contributed by atoms with van der Waals surface area (Å²) in [4.78, 5) is 11.8. The fourth-order valence-electron chi connectivity index (χ4n) is 0. The van der Waals surface area contributed by atoms with Crippen LogP contribution in [0.1, 0.15) is 66.8 Å². The van der Waals surface area contributed by atoms with Gasteiger partial charge in [0.15, 0.2) is 0 Å². The van der Waals surface area contributed by atoms with E-state index >= 15 is 0 Å². The molecule has 0 atom stereocenters. The Labute approximate surface area is 343 Å². The topological polar surface area (TPSA) is 0 Å². The molecular formula is C15H59I11.